The van der Waals surface area contributed by atoms with Crippen LogP contribution in [0.25, 0.3) is 84.9 Å². The van der Waals surface area contributed by atoms with Gasteiger partial charge >= 0.3 is 0 Å². The second kappa shape index (κ2) is 10.3. The van der Waals surface area contributed by atoms with E-state index < -0.39 is 0 Å². The number of thiophene rings is 2. The maximum atomic E-state index is 2.43. The first-order valence-electron chi connectivity index (χ1n) is 14.9. The van der Waals surface area contributed by atoms with Crippen molar-refractivity contribution in [3.63, 3.8) is 0 Å². The molecule has 2 aromatic heterocycles. The van der Waals surface area contributed by atoms with Crippen LogP contribution in [0.5, 0.6) is 0 Å². The van der Waals surface area contributed by atoms with E-state index >= 15 is 0 Å². The lowest BCUT2D eigenvalue weighted by Crippen LogP contribution is -1.85. The third-order valence-corrected chi connectivity index (χ3v) is 11.1. The zero-order valence-electron chi connectivity index (χ0n) is 23.8. The van der Waals surface area contributed by atoms with Crippen molar-refractivity contribution in [3.05, 3.63) is 158 Å². The van der Waals surface area contributed by atoms with Crippen LogP contribution in [0.15, 0.2) is 158 Å². The molecule has 0 spiro atoms. The summed E-state index contributed by atoms with van der Waals surface area (Å²) < 4.78 is 5.38. The van der Waals surface area contributed by atoms with E-state index in [0.29, 0.717) is 0 Å². The molecule has 9 aromatic rings. The second-order valence-corrected chi connectivity index (χ2v) is 13.4. The summed E-state index contributed by atoms with van der Waals surface area (Å²) in [5, 5.41) is 5.33. The maximum absolute atomic E-state index is 2.43. The van der Waals surface area contributed by atoms with Gasteiger partial charge in [-0.15, -0.1) is 22.7 Å². The Labute approximate surface area is 264 Å². The van der Waals surface area contributed by atoms with Crippen molar-refractivity contribution < 1.29 is 0 Å². The zero-order chi connectivity index (χ0) is 29.0. The van der Waals surface area contributed by atoms with E-state index in [-0.39, 0.29) is 0 Å². The van der Waals surface area contributed by atoms with E-state index in [0.717, 1.165) is 0 Å². The summed E-state index contributed by atoms with van der Waals surface area (Å²) in [7, 11) is 0. The van der Waals surface area contributed by atoms with E-state index in [1.807, 2.05) is 22.7 Å². The minimum absolute atomic E-state index is 1.23. The van der Waals surface area contributed by atoms with Gasteiger partial charge in [-0.05, 0) is 63.7 Å². The molecule has 0 N–H and O–H groups in total. The average Bonchev–Trinajstić information content (AvgIpc) is 3.67. The molecule has 2 heterocycles. The van der Waals surface area contributed by atoms with Crippen molar-refractivity contribution in [1.82, 2.24) is 0 Å². The molecule has 44 heavy (non-hydrogen) atoms. The summed E-state index contributed by atoms with van der Waals surface area (Å²) >= 11 is 3.81. The van der Waals surface area contributed by atoms with E-state index in [9.17, 15) is 0 Å². The van der Waals surface area contributed by atoms with Crippen LogP contribution in [0, 0.1) is 0 Å². The summed E-state index contributed by atoms with van der Waals surface area (Å²) in [5.74, 6) is 0. The fourth-order valence-electron chi connectivity index (χ4n) is 6.52. The van der Waals surface area contributed by atoms with Crippen LogP contribution >= 0.6 is 22.7 Å². The largest absolute Gasteiger partial charge is 0.135 e. The van der Waals surface area contributed by atoms with E-state index in [1.54, 1.807) is 0 Å². The normalized spacial score (nSPS) is 11.6. The molecule has 7 aromatic carbocycles. The highest BCUT2D eigenvalue weighted by molar-refractivity contribution is 7.27. The first kappa shape index (κ1) is 25.5. The fraction of sp³-hybridized carbons (Fsp3) is 0. The maximum Gasteiger partial charge on any atom is 0.0434 e. The van der Waals surface area contributed by atoms with Crippen LogP contribution in [-0.4, -0.2) is 0 Å². The lowest BCUT2D eigenvalue weighted by Gasteiger charge is -2.12. The van der Waals surface area contributed by atoms with Crippen LogP contribution < -0.4 is 0 Å². The zero-order valence-corrected chi connectivity index (χ0v) is 25.5. The molecule has 0 bridgehead atoms. The van der Waals surface area contributed by atoms with Crippen molar-refractivity contribution in [2.75, 3.05) is 0 Å². The van der Waals surface area contributed by atoms with Gasteiger partial charge in [-0.2, -0.15) is 0 Å². The minimum Gasteiger partial charge on any atom is -0.135 e. The highest BCUT2D eigenvalue weighted by atomic mass is 32.1. The van der Waals surface area contributed by atoms with Gasteiger partial charge in [0, 0.05) is 51.5 Å². The van der Waals surface area contributed by atoms with Gasteiger partial charge in [0.25, 0.3) is 0 Å². The Morgan fingerprint density at radius 3 is 1.50 bits per heavy atom. The minimum atomic E-state index is 1.23. The van der Waals surface area contributed by atoms with E-state index in [1.165, 1.54) is 84.9 Å². The molecular weight excluding hydrogens is 569 g/mol. The average molecular weight is 595 g/mol. The van der Waals surface area contributed by atoms with Gasteiger partial charge in [-0.1, -0.05) is 127 Å². The quantitative estimate of drug-likeness (QED) is 0.190. The SMILES string of the molecule is c1ccc(-c2ccc(-c3cccc(-c4cc(-c5cccc6c5sc5ccccc56)c5sc6ccccc6c5c4)c3)cc2)cc1. The number of rotatable bonds is 4. The van der Waals surface area contributed by atoms with E-state index in [2.05, 4.69) is 158 Å². The first-order chi connectivity index (χ1) is 21.8. The first-order valence-corrected chi connectivity index (χ1v) is 16.6. The number of benzene rings is 7. The second-order valence-electron chi connectivity index (χ2n) is 11.3. The van der Waals surface area contributed by atoms with E-state index in [4.69, 9.17) is 0 Å². The molecule has 0 nitrogen and oxygen atoms in total. The Balaban J connectivity index is 1.23. The van der Waals surface area contributed by atoms with Crippen LogP contribution in [0.4, 0.5) is 0 Å². The van der Waals surface area contributed by atoms with Crippen molar-refractivity contribution >= 4 is 63.0 Å². The summed E-state index contributed by atoms with van der Waals surface area (Å²) in [6, 6.07) is 57.8. The lowest BCUT2D eigenvalue weighted by molar-refractivity contribution is 1.58. The van der Waals surface area contributed by atoms with Crippen LogP contribution in [0.2, 0.25) is 0 Å². The molecule has 0 aliphatic heterocycles. The van der Waals surface area contributed by atoms with Gasteiger partial charge < -0.3 is 0 Å². The molecule has 0 fully saturated rings. The Kier molecular flexibility index (Phi) is 5.97. The summed E-state index contributed by atoms with van der Waals surface area (Å²) in [6.45, 7) is 0. The summed E-state index contributed by atoms with van der Waals surface area (Å²) in [4.78, 5) is 0. The number of hydrogen-bond acceptors (Lipinski definition) is 2. The van der Waals surface area contributed by atoms with Crippen molar-refractivity contribution in [3.8, 4) is 44.5 Å². The smallest absolute Gasteiger partial charge is 0.0434 e. The topological polar surface area (TPSA) is 0 Å². The predicted octanol–water partition coefficient (Wildman–Crippen LogP) is 13.1. The van der Waals surface area contributed by atoms with Gasteiger partial charge in [-0.25, -0.2) is 0 Å². The van der Waals surface area contributed by atoms with Crippen molar-refractivity contribution in [1.29, 1.82) is 0 Å². The molecule has 0 saturated heterocycles. The van der Waals surface area contributed by atoms with Crippen LogP contribution in [0.3, 0.4) is 0 Å². The Bertz CT molecular complexity index is 2480. The Hall–Kier alpha value is -5.02. The highest BCUT2D eigenvalue weighted by Crippen LogP contribution is 2.47. The predicted molar refractivity (Wildman–Crippen MR) is 194 cm³/mol. The molecule has 0 saturated carbocycles. The van der Waals surface area contributed by atoms with Crippen molar-refractivity contribution in [2.24, 2.45) is 0 Å². The number of fused-ring (bicyclic) bond motifs is 6. The summed E-state index contributed by atoms with van der Waals surface area (Å²) in [6.07, 6.45) is 0. The lowest BCUT2D eigenvalue weighted by atomic mass is 9.93. The van der Waals surface area contributed by atoms with Gasteiger partial charge in [0.15, 0.2) is 0 Å². The Morgan fingerprint density at radius 1 is 0.273 bits per heavy atom. The molecule has 9 rings (SSSR count). The molecule has 0 aliphatic rings. The highest BCUT2D eigenvalue weighted by Gasteiger charge is 2.17. The van der Waals surface area contributed by atoms with Gasteiger partial charge in [0.05, 0.1) is 0 Å². The third kappa shape index (κ3) is 4.18. The fourth-order valence-corrected chi connectivity index (χ4v) is 8.96. The molecule has 0 amide bonds. The summed E-state index contributed by atoms with van der Waals surface area (Å²) in [5.41, 5.74) is 10.0. The van der Waals surface area contributed by atoms with Crippen molar-refractivity contribution in [2.45, 2.75) is 0 Å². The van der Waals surface area contributed by atoms with Gasteiger partial charge in [0.2, 0.25) is 0 Å². The molecule has 0 aliphatic carbocycles. The standard InChI is InChI=1S/C42H26S2/c1-2-10-27(11-3-1)28-20-22-29(23-21-28)30-12-8-13-31(24-30)32-25-37-34-15-5-7-19-40(34)44-42(37)38(26-32)36-17-9-16-35-33-14-4-6-18-39(33)43-41(35)36/h1-26H. The third-order valence-electron chi connectivity index (χ3n) is 8.69. The van der Waals surface area contributed by atoms with Crippen LogP contribution in [0.1, 0.15) is 0 Å². The molecule has 0 unspecified atom stereocenters. The molecular formula is C42H26S2. The molecule has 2 heteroatoms. The Morgan fingerprint density at radius 2 is 0.773 bits per heavy atom. The van der Waals surface area contributed by atoms with Gasteiger partial charge in [-0.3, -0.25) is 0 Å². The monoisotopic (exact) mass is 594 g/mol. The van der Waals surface area contributed by atoms with Crippen LogP contribution in [-0.2, 0) is 0 Å². The molecule has 206 valence electrons. The molecule has 0 atom stereocenters. The van der Waals surface area contributed by atoms with Gasteiger partial charge in [0.1, 0.15) is 0 Å². The molecule has 0 radical (unpaired) electrons. The number of hydrogen-bond donors (Lipinski definition) is 0.